The van der Waals surface area contributed by atoms with E-state index in [2.05, 4.69) is 29.7 Å². The monoisotopic (exact) mass is 371 g/mol. The van der Waals surface area contributed by atoms with Crippen LogP contribution in [0.3, 0.4) is 0 Å². The first-order chi connectivity index (χ1) is 13.0. The third-order valence-electron chi connectivity index (χ3n) is 5.73. The highest BCUT2D eigenvalue weighted by atomic mass is 16.2. The summed E-state index contributed by atoms with van der Waals surface area (Å²) in [6, 6.07) is 9.80. The molecule has 6 heteroatoms. The molecule has 6 nitrogen and oxygen atoms in total. The third kappa shape index (κ3) is 4.67. The van der Waals surface area contributed by atoms with Gasteiger partial charge in [-0.05, 0) is 56.4 Å². The van der Waals surface area contributed by atoms with Crippen molar-refractivity contribution in [2.24, 2.45) is 5.92 Å². The van der Waals surface area contributed by atoms with E-state index in [4.69, 9.17) is 0 Å². The SMILES string of the molecule is CC1CCC2(CC1)NC(=O)N(CC(=O)NCCCCc1ccccc1)C2=O. The summed E-state index contributed by atoms with van der Waals surface area (Å²) in [5, 5.41) is 5.67. The topological polar surface area (TPSA) is 78.5 Å². The van der Waals surface area contributed by atoms with Gasteiger partial charge >= 0.3 is 6.03 Å². The molecule has 1 saturated heterocycles. The first kappa shape index (κ1) is 19.4. The highest BCUT2D eigenvalue weighted by molar-refractivity contribution is 6.09. The van der Waals surface area contributed by atoms with E-state index >= 15 is 0 Å². The number of hydrogen-bond acceptors (Lipinski definition) is 3. The van der Waals surface area contributed by atoms with Crippen molar-refractivity contribution in [3.63, 3.8) is 0 Å². The Morgan fingerprint density at radius 3 is 2.59 bits per heavy atom. The van der Waals surface area contributed by atoms with E-state index in [1.807, 2.05) is 18.2 Å². The Balaban J connectivity index is 1.40. The summed E-state index contributed by atoms with van der Waals surface area (Å²) in [5.41, 5.74) is 0.509. The van der Waals surface area contributed by atoms with E-state index in [1.54, 1.807) is 0 Å². The molecule has 4 amide bonds. The number of carbonyl (C=O) groups is 3. The Morgan fingerprint density at radius 2 is 1.89 bits per heavy atom. The van der Waals surface area contributed by atoms with Crippen LogP contribution < -0.4 is 10.6 Å². The maximum Gasteiger partial charge on any atom is 0.325 e. The lowest BCUT2D eigenvalue weighted by atomic mass is 9.77. The summed E-state index contributed by atoms with van der Waals surface area (Å²) in [6.07, 6.45) is 6.00. The molecule has 1 spiro atoms. The molecule has 1 aliphatic carbocycles. The Kier molecular flexibility index (Phi) is 6.14. The first-order valence-corrected chi connectivity index (χ1v) is 9.95. The van der Waals surface area contributed by atoms with Crippen LogP contribution in [0.2, 0.25) is 0 Å². The number of nitrogens with zero attached hydrogens (tertiary/aromatic N) is 1. The number of imide groups is 1. The van der Waals surface area contributed by atoms with E-state index in [-0.39, 0.29) is 18.4 Å². The molecule has 1 aliphatic heterocycles. The highest BCUT2D eigenvalue weighted by Crippen LogP contribution is 2.36. The average molecular weight is 371 g/mol. The molecule has 3 rings (SSSR count). The molecule has 1 saturated carbocycles. The average Bonchev–Trinajstić information content (AvgIpc) is 2.89. The van der Waals surface area contributed by atoms with Crippen molar-refractivity contribution in [2.45, 2.75) is 57.4 Å². The minimum absolute atomic E-state index is 0.194. The predicted molar refractivity (Wildman–Crippen MR) is 103 cm³/mol. The van der Waals surface area contributed by atoms with Crippen LogP contribution >= 0.6 is 0 Å². The van der Waals surface area contributed by atoms with Crippen LogP contribution in [0, 0.1) is 5.92 Å². The Labute approximate surface area is 160 Å². The minimum Gasteiger partial charge on any atom is -0.355 e. The number of nitrogens with one attached hydrogen (secondary N) is 2. The van der Waals surface area contributed by atoms with Gasteiger partial charge in [-0.15, -0.1) is 0 Å². The summed E-state index contributed by atoms with van der Waals surface area (Å²) < 4.78 is 0. The van der Waals surface area contributed by atoms with Crippen LogP contribution in [-0.4, -0.2) is 41.4 Å². The molecule has 0 radical (unpaired) electrons. The largest absolute Gasteiger partial charge is 0.355 e. The summed E-state index contributed by atoms with van der Waals surface area (Å²) in [6.45, 7) is 2.52. The summed E-state index contributed by atoms with van der Waals surface area (Å²) in [5.74, 6) is 0.0617. The molecule has 146 valence electrons. The zero-order valence-electron chi connectivity index (χ0n) is 16.0. The van der Waals surface area contributed by atoms with E-state index in [0.29, 0.717) is 25.3 Å². The van der Waals surface area contributed by atoms with Gasteiger partial charge in [0.2, 0.25) is 5.91 Å². The molecule has 1 heterocycles. The predicted octanol–water partition coefficient (Wildman–Crippen LogP) is 2.63. The summed E-state index contributed by atoms with van der Waals surface area (Å²) in [4.78, 5) is 38.2. The minimum atomic E-state index is -0.778. The molecular formula is C21H29N3O3. The van der Waals surface area contributed by atoms with E-state index in [0.717, 1.165) is 37.0 Å². The maximum atomic E-state index is 12.7. The van der Waals surface area contributed by atoms with Crippen molar-refractivity contribution in [1.82, 2.24) is 15.5 Å². The van der Waals surface area contributed by atoms with E-state index < -0.39 is 11.6 Å². The quantitative estimate of drug-likeness (QED) is 0.571. The van der Waals surface area contributed by atoms with Gasteiger partial charge in [-0.2, -0.15) is 0 Å². The number of urea groups is 1. The van der Waals surface area contributed by atoms with Crippen LogP contribution in [0.4, 0.5) is 4.79 Å². The maximum absolute atomic E-state index is 12.7. The van der Waals surface area contributed by atoms with Crippen LogP contribution in [-0.2, 0) is 16.0 Å². The highest BCUT2D eigenvalue weighted by Gasteiger charge is 2.52. The van der Waals surface area contributed by atoms with Gasteiger partial charge in [0.25, 0.3) is 5.91 Å². The molecule has 2 aliphatic rings. The molecule has 2 fully saturated rings. The van der Waals surface area contributed by atoms with Crippen molar-refractivity contribution < 1.29 is 14.4 Å². The van der Waals surface area contributed by atoms with Gasteiger partial charge in [0, 0.05) is 6.54 Å². The summed E-state index contributed by atoms with van der Waals surface area (Å²) in [7, 11) is 0. The second-order valence-corrected chi connectivity index (χ2v) is 7.88. The zero-order chi connectivity index (χ0) is 19.3. The number of hydrogen-bond donors (Lipinski definition) is 2. The molecule has 2 N–H and O–H groups in total. The molecule has 0 bridgehead atoms. The molecule has 0 aromatic heterocycles. The lowest BCUT2D eigenvalue weighted by molar-refractivity contribution is -0.136. The van der Waals surface area contributed by atoms with Crippen molar-refractivity contribution in [1.29, 1.82) is 0 Å². The molecule has 0 atom stereocenters. The molecule has 1 aromatic rings. The summed E-state index contributed by atoms with van der Waals surface area (Å²) >= 11 is 0. The molecule has 27 heavy (non-hydrogen) atoms. The smallest absolute Gasteiger partial charge is 0.325 e. The van der Waals surface area contributed by atoms with Gasteiger partial charge < -0.3 is 10.6 Å². The van der Waals surface area contributed by atoms with Gasteiger partial charge in [0.05, 0.1) is 0 Å². The third-order valence-corrected chi connectivity index (χ3v) is 5.73. The Morgan fingerprint density at radius 1 is 1.19 bits per heavy atom. The fourth-order valence-corrected chi connectivity index (χ4v) is 3.94. The van der Waals surface area contributed by atoms with Gasteiger partial charge in [-0.3, -0.25) is 14.5 Å². The van der Waals surface area contributed by atoms with Crippen LogP contribution in [0.15, 0.2) is 30.3 Å². The molecule has 0 unspecified atom stereocenters. The number of carbonyl (C=O) groups excluding carboxylic acids is 3. The number of rotatable bonds is 7. The van der Waals surface area contributed by atoms with Gasteiger partial charge in [0.1, 0.15) is 12.1 Å². The lowest BCUT2D eigenvalue weighted by Gasteiger charge is -2.33. The van der Waals surface area contributed by atoms with Gasteiger partial charge in [-0.1, -0.05) is 37.3 Å². The fraction of sp³-hybridized carbons (Fsp3) is 0.571. The number of amides is 4. The zero-order valence-corrected chi connectivity index (χ0v) is 16.0. The van der Waals surface area contributed by atoms with Crippen molar-refractivity contribution in [2.75, 3.05) is 13.1 Å². The van der Waals surface area contributed by atoms with Crippen molar-refractivity contribution in [3.8, 4) is 0 Å². The lowest BCUT2D eigenvalue weighted by Crippen LogP contribution is -2.49. The van der Waals surface area contributed by atoms with Gasteiger partial charge in [-0.25, -0.2) is 4.79 Å². The standard InChI is InChI=1S/C21H29N3O3/c1-16-10-12-21(13-11-16)19(26)24(20(27)23-21)15-18(25)22-14-6-5-9-17-7-3-2-4-8-17/h2-4,7-8,16H,5-6,9-15H2,1H3,(H,22,25)(H,23,27). The van der Waals surface area contributed by atoms with Gasteiger partial charge in [0.15, 0.2) is 0 Å². The van der Waals surface area contributed by atoms with Crippen molar-refractivity contribution >= 4 is 17.8 Å². The Bertz CT molecular complexity index is 681. The van der Waals surface area contributed by atoms with E-state index in [1.165, 1.54) is 5.56 Å². The number of aryl methyl sites for hydroxylation is 1. The normalized spacial score (nSPS) is 24.9. The number of unbranched alkanes of at least 4 members (excludes halogenated alkanes) is 1. The van der Waals surface area contributed by atoms with Crippen molar-refractivity contribution in [3.05, 3.63) is 35.9 Å². The van der Waals surface area contributed by atoms with Crippen LogP contribution in [0.1, 0.15) is 51.0 Å². The first-order valence-electron chi connectivity index (χ1n) is 9.95. The second-order valence-electron chi connectivity index (χ2n) is 7.88. The second kappa shape index (κ2) is 8.55. The van der Waals surface area contributed by atoms with Crippen LogP contribution in [0.25, 0.3) is 0 Å². The fourth-order valence-electron chi connectivity index (χ4n) is 3.94. The van der Waals surface area contributed by atoms with E-state index in [9.17, 15) is 14.4 Å². The Hall–Kier alpha value is -2.37. The number of benzene rings is 1. The van der Waals surface area contributed by atoms with Crippen LogP contribution in [0.5, 0.6) is 0 Å². The molecular weight excluding hydrogens is 342 g/mol. The molecule has 1 aromatic carbocycles.